The monoisotopic (exact) mass is 448 g/mol. The van der Waals surface area contributed by atoms with E-state index in [9.17, 15) is 9.59 Å². The van der Waals surface area contributed by atoms with Crippen LogP contribution in [-0.2, 0) is 13.6 Å². The zero-order valence-electron chi connectivity index (χ0n) is 15.6. The van der Waals surface area contributed by atoms with Crippen molar-refractivity contribution in [1.82, 2.24) is 19.9 Å². The molecule has 144 valence electrons. The molecule has 0 unspecified atom stereocenters. The Morgan fingerprint density at radius 1 is 1.07 bits per heavy atom. The van der Waals surface area contributed by atoms with Crippen LogP contribution < -0.4 is 10.9 Å². The number of carbonyl (C=O) groups excluding carboxylic acids is 1. The van der Waals surface area contributed by atoms with Gasteiger partial charge < -0.3 is 5.32 Å². The average molecular weight is 449 g/mol. The topological polar surface area (TPSA) is 76.9 Å². The van der Waals surface area contributed by atoms with Crippen LogP contribution in [0.5, 0.6) is 0 Å². The van der Waals surface area contributed by atoms with Gasteiger partial charge in [-0.1, -0.05) is 40.2 Å². The smallest absolute Gasteiger partial charge is 0.278 e. The molecule has 6 nitrogen and oxygen atoms in total. The molecule has 0 bridgehead atoms. The maximum atomic E-state index is 12.7. The summed E-state index contributed by atoms with van der Waals surface area (Å²) in [5.41, 5.74) is 3.45. The van der Waals surface area contributed by atoms with Crippen molar-refractivity contribution in [2.24, 2.45) is 7.05 Å². The lowest BCUT2D eigenvalue weighted by Gasteiger charge is -2.08. The van der Waals surface area contributed by atoms with E-state index in [0.717, 1.165) is 10.0 Å². The summed E-state index contributed by atoms with van der Waals surface area (Å²) in [6, 6.07) is 18.2. The summed E-state index contributed by atoms with van der Waals surface area (Å²) < 4.78 is 2.48. The standard InChI is InChI=1S/C22H17BrN4O2/c1-27-20-18(3-2-12-24-20)26-19(22(27)29)15-6-8-16(9-7-15)21(28)25-13-14-4-10-17(23)11-5-14/h2-12H,13H2,1H3,(H,25,28). The van der Waals surface area contributed by atoms with Gasteiger partial charge in [0.25, 0.3) is 11.5 Å². The fourth-order valence-corrected chi connectivity index (χ4v) is 3.28. The second kappa shape index (κ2) is 7.97. The number of hydrogen-bond donors (Lipinski definition) is 1. The second-order valence-corrected chi connectivity index (χ2v) is 7.47. The number of carbonyl (C=O) groups is 1. The van der Waals surface area contributed by atoms with Crippen molar-refractivity contribution >= 4 is 33.0 Å². The van der Waals surface area contributed by atoms with E-state index in [4.69, 9.17) is 0 Å². The summed E-state index contributed by atoms with van der Waals surface area (Å²) in [6.07, 6.45) is 1.63. The van der Waals surface area contributed by atoms with Gasteiger partial charge in [0.1, 0.15) is 11.2 Å². The number of amides is 1. The van der Waals surface area contributed by atoms with Crippen LogP contribution >= 0.6 is 15.9 Å². The van der Waals surface area contributed by atoms with Crippen molar-refractivity contribution in [2.45, 2.75) is 6.54 Å². The highest BCUT2D eigenvalue weighted by Crippen LogP contribution is 2.17. The van der Waals surface area contributed by atoms with Gasteiger partial charge in [-0.05, 0) is 42.0 Å². The van der Waals surface area contributed by atoms with Crippen molar-refractivity contribution in [3.05, 3.63) is 92.8 Å². The molecule has 1 amide bonds. The Kier molecular flexibility index (Phi) is 5.22. The summed E-state index contributed by atoms with van der Waals surface area (Å²) in [5, 5.41) is 2.89. The molecule has 0 aliphatic heterocycles. The molecule has 4 aromatic rings. The first-order chi connectivity index (χ1) is 14.0. The summed E-state index contributed by atoms with van der Waals surface area (Å²) >= 11 is 3.39. The van der Waals surface area contributed by atoms with Gasteiger partial charge in [0, 0.05) is 35.4 Å². The van der Waals surface area contributed by atoms with Crippen molar-refractivity contribution in [1.29, 1.82) is 0 Å². The van der Waals surface area contributed by atoms with Gasteiger partial charge in [0.2, 0.25) is 0 Å². The van der Waals surface area contributed by atoms with Crippen LogP contribution in [0, 0.1) is 0 Å². The second-order valence-electron chi connectivity index (χ2n) is 6.56. The molecule has 0 aliphatic carbocycles. The number of aryl methyl sites for hydroxylation is 1. The Bertz CT molecular complexity index is 1250. The van der Waals surface area contributed by atoms with E-state index in [0.29, 0.717) is 34.5 Å². The van der Waals surface area contributed by atoms with Gasteiger partial charge in [-0.2, -0.15) is 0 Å². The number of halogens is 1. The van der Waals surface area contributed by atoms with E-state index in [2.05, 4.69) is 31.2 Å². The molecule has 4 rings (SSSR count). The third kappa shape index (κ3) is 3.95. The van der Waals surface area contributed by atoms with E-state index < -0.39 is 0 Å². The number of nitrogens with one attached hydrogen (secondary N) is 1. The molecule has 0 spiro atoms. The number of rotatable bonds is 4. The van der Waals surface area contributed by atoms with E-state index >= 15 is 0 Å². The lowest BCUT2D eigenvalue weighted by Crippen LogP contribution is -2.23. The predicted octanol–water partition coefficient (Wildman–Crippen LogP) is 3.69. The highest BCUT2D eigenvalue weighted by Gasteiger charge is 2.12. The van der Waals surface area contributed by atoms with Crippen LogP contribution in [0.1, 0.15) is 15.9 Å². The Hall–Kier alpha value is -3.32. The minimum absolute atomic E-state index is 0.178. The van der Waals surface area contributed by atoms with E-state index in [1.54, 1.807) is 43.6 Å². The van der Waals surface area contributed by atoms with Crippen LogP contribution in [0.4, 0.5) is 0 Å². The van der Waals surface area contributed by atoms with Gasteiger partial charge in [-0.25, -0.2) is 9.97 Å². The normalized spacial score (nSPS) is 10.8. The molecule has 0 atom stereocenters. The Morgan fingerprint density at radius 3 is 2.52 bits per heavy atom. The quantitative estimate of drug-likeness (QED) is 0.516. The third-order valence-electron chi connectivity index (χ3n) is 4.61. The SMILES string of the molecule is Cn1c(=O)c(-c2ccc(C(=O)NCc3ccc(Br)cc3)cc2)nc2cccnc21. The first-order valence-electron chi connectivity index (χ1n) is 8.98. The molecule has 0 saturated carbocycles. The molecule has 0 radical (unpaired) electrons. The molecular formula is C22H17BrN4O2. The van der Waals surface area contributed by atoms with Crippen molar-refractivity contribution in [2.75, 3.05) is 0 Å². The van der Waals surface area contributed by atoms with Crippen LogP contribution in [0.15, 0.2) is 76.1 Å². The fraction of sp³-hybridized carbons (Fsp3) is 0.0909. The first-order valence-corrected chi connectivity index (χ1v) is 9.77. The highest BCUT2D eigenvalue weighted by molar-refractivity contribution is 9.10. The first kappa shape index (κ1) is 19.0. The molecule has 0 fully saturated rings. The summed E-state index contributed by atoms with van der Waals surface area (Å²) in [5.74, 6) is -0.178. The largest absolute Gasteiger partial charge is 0.348 e. The molecule has 0 saturated heterocycles. The summed E-state index contributed by atoms with van der Waals surface area (Å²) in [7, 11) is 1.67. The van der Waals surface area contributed by atoms with Crippen LogP contribution in [0.3, 0.4) is 0 Å². The van der Waals surface area contributed by atoms with E-state index in [1.165, 1.54) is 4.57 Å². The zero-order valence-corrected chi connectivity index (χ0v) is 17.2. The molecular weight excluding hydrogens is 432 g/mol. The van der Waals surface area contributed by atoms with Gasteiger partial charge in [0.15, 0.2) is 5.65 Å². The molecule has 0 aliphatic rings. The van der Waals surface area contributed by atoms with E-state index in [1.807, 2.05) is 30.3 Å². The molecule has 1 N–H and O–H groups in total. The number of pyridine rings is 1. The molecule has 2 heterocycles. The van der Waals surface area contributed by atoms with Crippen molar-refractivity contribution < 1.29 is 4.79 Å². The predicted molar refractivity (Wildman–Crippen MR) is 116 cm³/mol. The number of nitrogens with zero attached hydrogens (tertiary/aromatic N) is 3. The average Bonchev–Trinajstić information content (AvgIpc) is 2.76. The van der Waals surface area contributed by atoms with E-state index in [-0.39, 0.29) is 11.5 Å². The number of benzene rings is 2. The summed E-state index contributed by atoms with van der Waals surface area (Å²) in [6.45, 7) is 0.438. The molecule has 2 aromatic heterocycles. The maximum absolute atomic E-state index is 12.7. The third-order valence-corrected chi connectivity index (χ3v) is 5.14. The van der Waals surface area contributed by atoms with Crippen molar-refractivity contribution in [3.63, 3.8) is 0 Å². The molecule has 2 aromatic carbocycles. The number of fused-ring (bicyclic) bond motifs is 1. The van der Waals surface area contributed by atoms with Crippen LogP contribution in [-0.4, -0.2) is 20.4 Å². The van der Waals surface area contributed by atoms with Crippen LogP contribution in [0.25, 0.3) is 22.4 Å². The number of aromatic nitrogens is 3. The maximum Gasteiger partial charge on any atom is 0.278 e. The fourth-order valence-electron chi connectivity index (χ4n) is 3.01. The molecule has 29 heavy (non-hydrogen) atoms. The Balaban J connectivity index is 1.55. The van der Waals surface area contributed by atoms with Gasteiger partial charge in [-0.3, -0.25) is 14.2 Å². The molecule has 7 heteroatoms. The number of hydrogen-bond acceptors (Lipinski definition) is 4. The highest BCUT2D eigenvalue weighted by atomic mass is 79.9. The zero-order chi connectivity index (χ0) is 20.4. The van der Waals surface area contributed by atoms with Gasteiger partial charge >= 0.3 is 0 Å². The van der Waals surface area contributed by atoms with Gasteiger partial charge in [0.05, 0.1) is 0 Å². The minimum atomic E-state index is -0.233. The van der Waals surface area contributed by atoms with Crippen LogP contribution in [0.2, 0.25) is 0 Å². The Labute approximate surface area is 175 Å². The Morgan fingerprint density at radius 2 is 1.79 bits per heavy atom. The summed E-state index contributed by atoms with van der Waals surface area (Å²) in [4.78, 5) is 33.8. The lowest BCUT2D eigenvalue weighted by molar-refractivity contribution is 0.0951. The lowest BCUT2D eigenvalue weighted by atomic mass is 10.1. The van der Waals surface area contributed by atoms with Crippen molar-refractivity contribution in [3.8, 4) is 11.3 Å². The van der Waals surface area contributed by atoms with Gasteiger partial charge in [-0.15, -0.1) is 0 Å². The minimum Gasteiger partial charge on any atom is -0.348 e.